The van der Waals surface area contributed by atoms with Crippen molar-refractivity contribution in [2.24, 2.45) is 0 Å². The molecule has 2 aromatic carbocycles. The van der Waals surface area contributed by atoms with E-state index in [4.69, 9.17) is 11.6 Å². The number of carbonyl (C=O) groups is 2. The molecule has 2 heterocycles. The van der Waals surface area contributed by atoms with E-state index in [2.05, 4.69) is 21.2 Å². The van der Waals surface area contributed by atoms with Gasteiger partial charge in [0.1, 0.15) is 6.54 Å². The Balaban J connectivity index is 1.89. The number of hydrogen-bond acceptors (Lipinski definition) is 3. The van der Waals surface area contributed by atoms with Crippen molar-refractivity contribution < 1.29 is 9.59 Å². The van der Waals surface area contributed by atoms with Crippen molar-refractivity contribution in [2.45, 2.75) is 6.04 Å². The van der Waals surface area contributed by atoms with Crippen LogP contribution in [-0.4, -0.2) is 23.3 Å². The predicted octanol–water partition coefficient (Wildman–Crippen LogP) is 5.35. The maximum atomic E-state index is 13.4. The molecule has 0 spiro atoms. The second-order valence-electron chi connectivity index (χ2n) is 6.11. The van der Waals surface area contributed by atoms with Crippen LogP contribution in [0.4, 0.5) is 5.69 Å². The number of benzene rings is 2. The molecular weight excluding hydrogens is 448 g/mol. The zero-order valence-corrected chi connectivity index (χ0v) is 17.1. The monoisotopic (exact) mass is 460 g/mol. The van der Waals surface area contributed by atoms with Gasteiger partial charge in [-0.3, -0.25) is 9.59 Å². The summed E-state index contributed by atoms with van der Waals surface area (Å²) in [5.74, 6) is -0.457. The summed E-state index contributed by atoms with van der Waals surface area (Å²) < 4.78 is 0.691. The first-order valence-electron chi connectivity index (χ1n) is 8.23. The first kappa shape index (κ1) is 18.2. The van der Waals surface area contributed by atoms with Crippen LogP contribution in [0, 0.1) is 0 Å². The van der Waals surface area contributed by atoms with E-state index in [0.29, 0.717) is 20.7 Å². The molecular formula is C20H14BrClN2O2S. The van der Waals surface area contributed by atoms with Gasteiger partial charge in [-0.1, -0.05) is 29.8 Å². The second kappa shape index (κ2) is 7.46. The SMILES string of the molecule is O=C1CN(C(=O)c2ccccc2Br)C(c2cccs2)c2cc(Cl)ccc2N1. The number of thiophene rings is 1. The molecule has 0 aliphatic carbocycles. The molecule has 1 aromatic heterocycles. The first-order chi connectivity index (χ1) is 13.0. The van der Waals surface area contributed by atoms with Crippen LogP contribution in [0.3, 0.4) is 0 Å². The molecule has 1 unspecified atom stereocenters. The lowest BCUT2D eigenvalue weighted by Crippen LogP contribution is -2.38. The smallest absolute Gasteiger partial charge is 0.256 e. The molecule has 0 saturated carbocycles. The van der Waals surface area contributed by atoms with Crippen molar-refractivity contribution in [3.05, 3.63) is 85.5 Å². The van der Waals surface area contributed by atoms with E-state index >= 15 is 0 Å². The Morgan fingerprint density at radius 3 is 2.74 bits per heavy atom. The largest absolute Gasteiger partial charge is 0.324 e. The van der Waals surface area contributed by atoms with Crippen LogP contribution in [0.2, 0.25) is 5.02 Å². The van der Waals surface area contributed by atoms with E-state index in [-0.39, 0.29) is 18.4 Å². The number of nitrogens with one attached hydrogen (secondary N) is 1. The van der Waals surface area contributed by atoms with Crippen molar-refractivity contribution in [3.63, 3.8) is 0 Å². The van der Waals surface area contributed by atoms with Gasteiger partial charge < -0.3 is 10.2 Å². The average Bonchev–Trinajstić information content (AvgIpc) is 3.13. The Labute approximate surface area is 173 Å². The van der Waals surface area contributed by atoms with E-state index < -0.39 is 6.04 Å². The highest BCUT2D eigenvalue weighted by Crippen LogP contribution is 2.40. The summed E-state index contributed by atoms with van der Waals surface area (Å²) in [5, 5.41) is 5.41. The number of carbonyl (C=O) groups excluding carboxylic acids is 2. The third-order valence-corrected chi connectivity index (χ3v) is 6.24. The second-order valence-corrected chi connectivity index (χ2v) is 8.38. The van der Waals surface area contributed by atoms with Crippen LogP contribution in [0.5, 0.6) is 0 Å². The third kappa shape index (κ3) is 3.52. The maximum absolute atomic E-state index is 13.4. The molecule has 27 heavy (non-hydrogen) atoms. The summed E-state index contributed by atoms with van der Waals surface area (Å²) in [4.78, 5) is 28.5. The molecule has 1 aliphatic heterocycles. The highest BCUT2D eigenvalue weighted by atomic mass is 79.9. The Morgan fingerprint density at radius 1 is 1.19 bits per heavy atom. The minimum Gasteiger partial charge on any atom is -0.324 e. The highest BCUT2D eigenvalue weighted by molar-refractivity contribution is 9.10. The Bertz CT molecular complexity index is 1020. The predicted molar refractivity (Wildman–Crippen MR) is 111 cm³/mol. The van der Waals surface area contributed by atoms with E-state index in [0.717, 1.165) is 10.4 Å². The molecule has 4 nitrogen and oxygen atoms in total. The molecule has 1 N–H and O–H groups in total. The van der Waals surface area contributed by atoms with Crippen LogP contribution >= 0.6 is 38.9 Å². The maximum Gasteiger partial charge on any atom is 0.256 e. The Hall–Kier alpha value is -2.15. The number of anilines is 1. The van der Waals surface area contributed by atoms with Crippen molar-refractivity contribution >= 4 is 56.4 Å². The van der Waals surface area contributed by atoms with E-state index in [1.807, 2.05) is 35.7 Å². The van der Waals surface area contributed by atoms with E-state index in [9.17, 15) is 9.59 Å². The van der Waals surface area contributed by atoms with Crippen molar-refractivity contribution in [2.75, 3.05) is 11.9 Å². The molecule has 4 rings (SSSR count). The highest BCUT2D eigenvalue weighted by Gasteiger charge is 2.35. The number of hydrogen-bond donors (Lipinski definition) is 1. The van der Waals surface area contributed by atoms with Gasteiger partial charge in [0.05, 0.1) is 11.6 Å². The van der Waals surface area contributed by atoms with Gasteiger partial charge in [-0.05, 0) is 57.7 Å². The fourth-order valence-electron chi connectivity index (χ4n) is 3.21. The zero-order chi connectivity index (χ0) is 19.0. The number of nitrogens with zero attached hydrogens (tertiary/aromatic N) is 1. The lowest BCUT2D eigenvalue weighted by atomic mass is 10.0. The van der Waals surface area contributed by atoms with Gasteiger partial charge >= 0.3 is 0 Å². The molecule has 0 bridgehead atoms. The van der Waals surface area contributed by atoms with Gasteiger partial charge in [-0.15, -0.1) is 11.3 Å². The number of rotatable bonds is 2. The van der Waals surface area contributed by atoms with E-state index in [1.54, 1.807) is 40.5 Å². The van der Waals surface area contributed by atoms with Crippen LogP contribution < -0.4 is 5.32 Å². The summed E-state index contributed by atoms with van der Waals surface area (Å²) in [6.07, 6.45) is 0. The summed E-state index contributed by atoms with van der Waals surface area (Å²) in [7, 11) is 0. The molecule has 0 fully saturated rings. The average molecular weight is 462 g/mol. The van der Waals surface area contributed by atoms with Gasteiger partial charge in [0.25, 0.3) is 5.91 Å². The quantitative estimate of drug-likeness (QED) is 0.559. The lowest BCUT2D eigenvalue weighted by molar-refractivity contribution is -0.117. The Kier molecular flexibility index (Phi) is 5.04. The molecule has 1 atom stereocenters. The topological polar surface area (TPSA) is 49.4 Å². The number of amides is 2. The van der Waals surface area contributed by atoms with Crippen LogP contribution in [0.15, 0.2) is 64.5 Å². The van der Waals surface area contributed by atoms with Gasteiger partial charge in [0, 0.05) is 25.6 Å². The summed E-state index contributed by atoms with van der Waals surface area (Å²) >= 11 is 11.2. The van der Waals surface area contributed by atoms with E-state index in [1.165, 1.54) is 0 Å². The number of halogens is 2. The first-order valence-corrected chi connectivity index (χ1v) is 10.3. The molecule has 136 valence electrons. The normalized spacial score (nSPS) is 16.4. The van der Waals surface area contributed by atoms with Gasteiger partial charge in [-0.25, -0.2) is 0 Å². The van der Waals surface area contributed by atoms with Gasteiger partial charge in [-0.2, -0.15) is 0 Å². The fourth-order valence-corrected chi connectivity index (χ4v) is 4.70. The lowest BCUT2D eigenvalue weighted by Gasteiger charge is -2.30. The van der Waals surface area contributed by atoms with Crippen molar-refractivity contribution in [1.29, 1.82) is 0 Å². The summed E-state index contributed by atoms with van der Waals surface area (Å²) in [5.41, 5.74) is 1.98. The standard InChI is InChI=1S/C20H14BrClN2O2S/c21-15-5-2-1-4-13(15)20(26)24-11-18(25)23-16-8-7-12(22)10-14(16)19(24)17-6-3-9-27-17/h1-10,19H,11H2,(H,23,25). The van der Waals surface area contributed by atoms with Crippen LogP contribution in [-0.2, 0) is 4.79 Å². The number of fused-ring (bicyclic) bond motifs is 1. The molecule has 0 radical (unpaired) electrons. The molecule has 2 amide bonds. The molecule has 7 heteroatoms. The minimum absolute atomic E-state index is 0.0466. The zero-order valence-electron chi connectivity index (χ0n) is 14.0. The summed E-state index contributed by atoms with van der Waals surface area (Å²) in [6, 6.07) is 16.0. The van der Waals surface area contributed by atoms with Crippen molar-refractivity contribution in [1.82, 2.24) is 4.90 Å². The fraction of sp³-hybridized carbons (Fsp3) is 0.100. The van der Waals surface area contributed by atoms with Crippen LogP contribution in [0.25, 0.3) is 0 Å². The van der Waals surface area contributed by atoms with Gasteiger partial charge in [0.15, 0.2) is 0 Å². The van der Waals surface area contributed by atoms with Crippen molar-refractivity contribution in [3.8, 4) is 0 Å². The van der Waals surface area contributed by atoms with Crippen LogP contribution in [0.1, 0.15) is 26.8 Å². The molecule has 1 aliphatic rings. The minimum atomic E-state index is -0.405. The summed E-state index contributed by atoms with van der Waals surface area (Å²) in [6.45, 7) is -0.0466. The molecule has 0 saturated heterocycles. The third-order valence-electron chi connectivity index (χ3n) is 4.39. The van der Waals surface area contributed by atoms with Gasteiger partial charge in [0.2, 0.25) is 5.91 Å². The molecule has 3 aromatic rings. The Morgan fingerprint density at radius 2 is 2.00 bits per heavy atom.